The van der Waals surface area contributed by atoms with Crippen LogP contribution in [-0.4, -0.2) is 9.97 Å². The van der Waals surface area contributed by atoms with Crippen molar-refractivity contribution in [3.63, 3.8) is 0 Å². The van der Waals surface area contributed by atoms with E-state index in [0.29, 0.717) is 23.2 Å². The van der Waals surface area contributed by atoms with Gasteiger partial charge in [-0.15, -0.1) is 0 Å². The smallest absolute Gasteiger partial charge is 0.188 e. The van der Waals surface area contributed by atoms with E-state index in [1.54, 1.807) is 24.0 Å². The Hall–Kier alpha value is -4.16. The molecule has 1 heterocycles. The third-order valence-electron chi connectivity index (χ3n) is 5.74. The Morgan fingerprint density at radius 3 is 2.35 bits per heavy atom. The van der Waals surface area contributed by atoms with Crippen LogP contribution in [0.1, 0.15) is 16.7 Å². The van der Waals surface area contributed by atoms with E-state index >= 15 is 0 Å². The van der Waals surface area contributed by atoms with Crippen LogP contribution in [0.4, 0.5) is 15.8 Å². The summed E-state index contributed by atoms with van der Waals surface area (Å²) in [6.45, 7) is 2.29. The van der Waals surface area contributed by atoms with Gasteiger partial charge in [-0.25, -0.2) is 14.4 Å². The van der Waals surface area contributed by atoms with Crippen molar-refractivity contribution >= 4 is 23.1 Å². The van der Waals surface area contributed by atoms with E-state index in [0.717, 1.165) is 33.8 Å². The van der Waals surface area contributed by atoms with E-state index < -0.39 is 0 Å². The number of halogens is 1. The first-order chi connectivity index (χ1) is 18.1. The van der Waals surface area contributed by atoms with Crippen molar-refractivity contribution in [2.45, 2.75) is 24.4 Å². The van der Waals surface area contributed by atoms with Crippen LogP contribution < -0.4 is 10.1 Å². The zero-order valence-electron chi connectivity index (χ0n) is 20.4. The maximum absolute atomic E-state index is 14.5. The van der Waals surface area contributed by atoms with E-state index in [2.05, 4.69) is 22.4 Å². The molecule has 6 heteroatoms. The Morgan fingerprint density at radius 2 is 1.59 bits per heavy atom. The highest BCUT2D eigenvalue weighted by Gasteiger charge is 2.13. The number of ether oxygens (including phenoxy) is 1. The van der Waals surface area contributed by atoms with Crippen molar-refractivity contribution in [2.75, 3.05) is 5.32 Å². The van der Waals surface area contributed by atoms with Crippen molar-refractivity contribution in [2.24, 2.45) is 0 Å². The first kappa shape index (κ1) is 24.5. The third kappa shape index (κ3) is 6.54. The summed E-state index contributed by atoms with van der Waals surface area (Å²) in [5.41, 5.74) is 5.84. The Morgan fingerprint density at radius 1 is 0.838 bits per heavy atom. The summed E-state index contributed by atoms with van der Waals surface area (Å²) in [6, 6.07) is 33.0. The summed E-state index contributed by atoms with van der Waals surface area (Å²) >= 11 is 1.58. The second-order valence-electron chi connectivity index (χ2n) is 8.59. The largest absolute Gasteiger partial charge is 0.488 e. The predicted molar refractivity (Wildman–Crippen MR) is 149 cm³/mol. The number of aromatic nitrogens is 2. The molecule has 0 bridgehead atoms. The van der Waals surface area contributed by atoms with Gasteiger partial charge >= 0.3 is 0 Å². The van der Waals surface area contributed by atoms with E-state index in [1.807, 2.05) is 85.8 Å². The first-order valence-corrected chi connectivity index (χ1v) is 13.0. The highest BCUT2D eigenvalue weighted by atomic mass is 32.2. The lowest BCUT2D eigenvalue weighted by Crippen LogP contribution is -2.00. The molecular formula is C31H26FN3OS. The van der Waals surface area contributed by atoms with Crippen LogP contribution >= 0.6 is 11.8 Å². The highest BCUT2D eigenvalue weighted by molar-refractivity contribution is 7.98. The minimum atomic E-state index is -0.299. The maximum Gasteiger partial charge on any atom is 0.188 e. The molecule has 0 spiro atoms. The zero-order valence-corrected chi connectivity index (χ0v) is 21.2. The van der Waals surface area contributed by atoms with Gasteiger partial charge in [0, 0.05) is 23.2 Å². The van der Waals surface area contributed by atoms with Gasteiger partial charge in [0.25, 0.3) is 0 Å². The fraction of sp³-hybridized carbons (Fsp3) is 0.0968. The number of hydrogen-bond donors (Lipinski definition) is 1. The summed E-state index contributed by atoms with van der Waals surface area (Å²) in [5, 5.41) is 3.87. The molecule has 1 aromatic heterocycles. The molecule has 0 radical (unpaired) electrons. The lowest BCUT2D eigenvalue weighted by Gasteiger charge is -2.15. The van der Waals surface area contributed by atoms with Gasteiger partial charge in [0.1, 0.15) is 18.2 Å². The number of nitrogens with zero attached hydrogens (tertiary/aromatic N) is 2. The van der Waals surface area contributed by atoms with Gasteiger partial charge in [0.05, 0.1) is 11.4 Å². The number of anilines is 2. The predicted octanol–water partition coefficient (Wildman–Crippen LogP) is 8.21. The van der Waals surface area contributed by atoms with Crippen molar-refractivity contribution in [3.8, 4) is 17.0 Å². The van der Waals surface area contributed by atoms with Crippen LogP contribution in [0.5, 0.6) is 5.75 Å². The monoisotopic (exact) mass is 507 g/mol. The molecule has 184 valence electrons. The molecule has 5 rings (SSSR count). The molecule has 0 aliphatic heterocycles. The quantitative estimate of drug-likeness (QED) is 0.161. The van der Waals surface area contributed by atoms with Crippen molar-refractivity contribution in [3.05, 3.63) is 132 Å². The number of aryl methyl sites for hydroxylation is 1. The fourth-order valence-electron chi connectivity index (χ4n) is 3.83. The summed E-state index contributed by atoms with van der Waals surface area (Å²) in [7, 11) is 0. The molecule has 37 heavy (non-hydrogen) atoms. The first-order valence-electron chi connectivity index (χ1n) is 12.0. The Bertz CT molecular complexity index is 1480. The molecule has 0 atom stereocenters. The van der Waals surface area contributed by atoms with Crippen LogP contribution in [0.3, 0.4) is 0 Å². The van der Waals surface area contributed by atoms with E-state index in [-0.39, 0.29) is 5.82 Å². The third-order valence-corrected chi connectivity index (χ3v) is 6.67. The molecule has 4 aromatic carbocycles. The molecule has 0 unspecified atom stereocenters. The van der Waals surface area contributed by atoms with Crippen LogP contribution in [0, 0.1) is 12.7 Å². The number of thioether (sulfide) groups is 1. The SMILES string of the molecule is Cc1ccc(Nc2ccc(OCc3ccccc3)c(-c3ccnc(SCc4ccccc4)n3)c2)c(F)c1. The second-order valence-corrected chi connectivity index (χ2v) is 9.53. The van der Waals surface area contributed by atoms with Crippen LogP contribution in [-0.2, 0) is 12.4 Å². The van der Waals surface area contributed by atoms with Crippen LogP contribution in [0.2, 0.25) is 0 Å². The summed E-state index contributed by atoms with van der Waals surface area (Å²) in [5.74, 6) is 1.17. The Balaban J connectivity index is 1.44. The minimum absolute atomic E-state index is 0.299. The molecule has 4 nitrogen and oxygen atoms in total. The molecule has 1 N–H and O–H groups in total. The topological polar surface area (TPSA) is 47.0 Å². The molecule has 0 aliphatic carbocycles. The molecule has 5 aromatic rings. The van der Waals surface area contributed by atoms with Gasteiger partial charge in [-0.1, -0.05) is 78.5 Å². The van der Waals surface area contributed by atoms with E-state index in [1.165, 1.54) is 11.6 Å². The van der Waals surface area contributed by atoms with Gasteiger partial charge in [-0.05, 0) is 60.0 Å². The lowest BCUT2D eigenvalue weighted by atomic mass is 10.1. The second kappa shape index (κ2) is 11.7. The Labute approximate surface area is 220 Å². The van der Waals surface area contributed by atoms with Gasteiger partial charge < -0.3 is 10.1 Å². The van der Waals surface area contributed by atoms with Gasteiger partial charge in [0.15, 0.2) is 5.16 Å². The van der Waals surface area contributed by atoms with Gasteiger partial charge in [0.2, 0.25) is 0 Å². The van der Waals surface area contributed by atoms with E-state index in [4.69, 9.17) is 9.72 Å². The van der Waals surface area contributed by atoms with E-state index in [9.17, 15) is 4.39 Å². The Kier molecular flexibility index (Phi) is 7.77. The normalized spacial score (nSPS) is 10.8. The molecule has 0 saturated carbocycles. The standard InChI is InChI=1S/C31H26FN3OS/c1-22-12-14-29(27(32)18-22)34-25-13-15-30(36-20-23-8-4-2-5-9-23)26(19-25)28-16-17-33-31(35-28)37-21-24-10-6-3-7-11-24/h2-19,34H,20-21H2,1H3. The maximum atomic E-state index is 14.5. The van der Waals surface area contributed by atoms with Gasteiger partial charge in [-0.2, -0.15) is 0 Å². The number of hydrogen-bond acceptors (Lipinski definition) is 5. The summed E-state index contributed by atoms with van der Waals surface area (Å²) in [6.07, 6.45) is 1.76. The number of rotatable bonds is 9. The van der Waals surface area contributed by atoms with Crippen molar-refractivity contribution in [1.82, 2.24) is 9.97 Å². The average molecular weight is 508 g/mol. The number of nitrogens with one attached hydrogen (secondary N) is 1. The molecule has 0 fully saturated rings. The van der Waals surface area contributed by atoms with Crippen LogP contribution in [0.15, 0.2) is 114 Å². The van der Waals surface area contributed by atoms with Crippen molar-refractivity contribution in [1.29, 1.82) is 0 Å². The minimum Gasteiger partial charge on any atom is -0.488 e. The summed E-state index contributed by atoms with van der Waals surface area (Å²) < 4.78 is 20.7. The zero-order chi connectivity index (χ0) is 25.5. The highest BCUT2D eigenvalue weighted by Crippen LogP contribution is 2.34. The van der Waals surface area contributed by atoms with Crippen molar-refractivity contribution < 1.29 is 9.13 Å². The molecule has 0 aliphatic rings. The molecular weight excluding hydrogens is 481 g/mol. The average Bonchev–Trinajstić information content (AvgIpc) is 2.94. The van der Waals surface area contributed by atoms with Crippen LogP contribution in [0.25, 0.3) is 11.3 Å². The van der Waals surface area contributed by atoms with Gasteiger partial charge in [-0.3, -0.25) is 0 Å². The molecule has 0 amide bonds. The molecule has 0 saturated heterocycles. The lowest BCUT2D eigenvalue weighted by molar-refractivity contribution is 0.307. The summed E-state index contributed by atoms with van der Waals surface area (Å²) in [4.78, 5) is 9.28. The fourth-order valence-corrected chi connectivity index (χ4v) is 4.62. The number of benzene rings is 4.